The molecule has 16 heavy (non-hydrogen) atoms. The van der Waals surface area contributed by atoms with Crippen molar-refractivity contribution in [2.75, 3.05) is 33.9 Å². The molecule has 0 heterocycles. The minimum atomic E-state index is 0.725. The van der Waals surface area contributed by atoms with Gasteiger partial charge in [0.25, 0.3) is 0 Å². The molecule has 1 aromatic carbocycles. The molecule has 0 unspecified atom stereocenters. The van der Waals surface area contributed by atoms with Gasteiger partial charge in [0.05, 0.1) is 7.11 Å². The normalized spacial score (nSPS) is 10.5. The van der Waals surface area contributed by atoms with Gasteiger partial charge in [-0.1, -0.05) is 6.92 Å². The van der Waals surface area contributed by atoms with E-state index in [1.54, 1.807) is 7.11 Å². The predicted octanol–water partition coefficient (Wildman–Crippen LogP) is 2.42. The van der Waals surface area contributed by atoms with Crippen molar-refractivity contribution >= 4 is 0 Å². The molecule has 0 saturated heterocycles. The van der Waals surface area contributed by atoms with Crippen LogP contribution in [0.4, 0.5) is 0 Å². The van der Waals surface area contributed by atoms with E-state index < -0.39 is 0 Å². The number of ether oxygens (including phenoxy) is 2. The van der Waals surface area contributed by atoms with Crippen LogP contribution in [0.25, 0.3) is 0 Å². The number of hydrogen-bond acceptors (Lipinski definition) is 3. The second-order valence-corrected chi connectivity index (χ2v) is 3.83. The smallest absolute Gasteiger partial charge is 0.119 e. The Balaban J connectivity index is 2.26. The summed E-state index contributed by atoms with van der Waals surface area (Å²) in [6.07, 6.45) is 1.18. The van der Waals surface area contributed by atoms with E-state index in [0.29, 0.717) is 0 Å². The van der Waals surface area contributed by atoms with Crippen LogP contribution in [-0.4, -0.2) is 38.8 Å². The quantitative estimate of drug-likeness (QED) is 0.708. The van der Waals surface area contributed by atoms with Gasteiger partial charge in [0.15, 0.2) is 0 Å². The van der Waals surface area contributed by atoms with Gasteiger partial charge in [0.1, 0.15) is 18.1 Å². The molecule has 0 spiro atoms. The lowest BCUT2D eigenvalue weighted by Crippen LogP contribution is -2.24. The standard InChI is InChI=1S/C13H21NO2/c1-4-9-14(2)10-11-16-13-7-5-12(15-3)6-8-13/h5-8H,4,9-11H2,1-3H3. The molecule has 0 radical (unpaired) electrons. The molecular formula is C13H21NO2. The highest BCUT2D eigenvalue weighted by Gasteiger charge is 1.98. The van der Waals surface area contributed by atoms with Crippen LogP contribution >= 0.6 is 0 Å². The fourth-order valence-electron chi connectivity index (χ4n) is 1.48. The van der Waals surface area contributed by atoms with Crippen LogP contribution in [-0.2, 0) is 0 Å². The van der Waals surface area contributed by atoms with Crippen molar-refractivity contribution in [1.29, 1.82) is 0 Å². The van der Waals surface area contributed by atoms with Gasteiger partial charge in [-0.3, -0.25) is 0 Å². The van der Waals surface area contributed by atoms with Crippen LogP contribution < -0.4 is 9.47 Å². The highest BCUT2D eigenvalue weighted by molar-refractivity contribution is 5.31. The summed E-state index contributed by atoms with van der Waals surface area (Å²) in [5.41, 5.74) is 0. The molecule has 0 aliphatic heterocycles. The van der Waals surface area contributed by atoms with Crippen LogP contribution in [0.3, 0.4) is 0 Å². The van der Waals surface area contributed by atoms with Crippen molar-refractivity contribution in [3.05, 3.63) is 24.3 Å². The Hall–Kier alpha value is -1.22. The Bertz CT molecular complexity index is 284. The number of methoxy groups -OCH3 is 1. The maximum Gasteiger partial charge on any atom is 0.119 e. The number of hydrogen-bond donors (Lipinski definition) is 0. The Morgan fingerprint density at radius 2 is 1.69 bits per heavy atom. The SMILES string of the molecule is CCCN(C)CCOc1ccc(OC)cc1. The topological polar surface area (TPSA) is 21.7 Å². The first-order chi connectivity index (χ1) is 7.76. The summed E-state index contributed by atoms with van der Waals surface area (Å²) in [4.78, 5) is 2.27. The zero-order chi connectivity index (χ0) is 11.8. The zero-order valence-corrected chi connectivity index (χ0v) is 10.4. The highest BCUT2D eigenvalue weighted by atomic mass is 16.5. The first-order valence-corrected chi connectivity index (χ1v) is 5.71. The van der Waals surface area contributed by atoms with Gasteiger partial charge in [0.2, 0.25) is 0 Å². The summed E-state index contributed by atoms with van der Waals surface area (Å²) in [5, 5.41) is 0. The van der Waals surface area contributed by atoms with E-state index in [4.69, 9.17) is 9.47 Å². The number of nitrogens with zero attached hydrogens (tertiary/aromatic N) is 1. The Labute approximate surface area is 98.0 Å². The summed E-state index contributed by atoms with van der Waals surface area (Å²) in [7, 11) is 3.77. The van der Waals surface area contributed by atoms with Gasteiger partial charge in [-0.2, -0.15) is 0 Å². The van der Waals surface area contributed by atoms with Crippen LogP contribution in [0.15, 0.2) is 24.3 Å². The van der Waals surface area contributed by atoms with E-state index in [9.17, 15) is 0 Å². The van der Waals surface area contributed by atoms with Crippen molar-refractivity contribution in [2.45, 2.75) is 13.3 Å². The summed E-state index contributed by atoms with van der Waals surface area (Å²) in [6.45, 7) is 4.98. The van der Waals surface area contributed by atoms with E-state index in [0.717, 1.165) is 31.2 Å². The molecule has 3 nitrogen and oxygen atoms in total. The second-order valence-electron chi connectivity index (χ2n) is 3.83. The fraction of sp³-hybridized carbons (Fsp3) is 0.538. The molecule has 0 amide bonds. The van der Waals surface area contributed by atoms with Crippen LogP contribution in [0.1, 0.15) is 13.3 Å². The zero-order valence-electron chi connectivity index (χ0n) is 10.4. The van der Waals surface area contributed by atoms with E-state index in [1.165, 1.54) is 6.42 Å². The van der Waals surface area contributed by atoms with Crippen LogP contribution in [0, 0.1) is 0 Å². The molecule has 0 N–H and O–H groups in total. The molecule has 90 valence electrons. The van der Waals surface area contributed by atoms with E-state index in [1.807, 2.05) is 24.3 Å². The minimum Gasteiger partial charge on any atom is -0.497 e. The van der Waals surface area contributed by atoms with Gasteiger partial charge in [-0.05, 0) is 44.3 Å². The van der Waals surface area contributed by atoms with Crippen molar-refractivity contribution in [3.8, 4) is 11.5 Å². The maximum atomic E-state index is 5.63. The first kappa shape index (κ1) is 12.8. The summed E-state index contributed by atoms with van der Waals surface area (Å²) >= 11 is 0. The van der Waals surface area contributed by atoms with Gasteiger partial charge in [-0.25, -0.2) is 0 Å². The lowest BCUT2D eigenvalue weighted by Gasteiger charge is -2.15. The van der Waals surface area contributed by atoms with E-state index >= 15 is 0 Å². The molecule has 0 aliphatic carbocycles. The average Bonchev–Trinajstić information content (AvgIpc) is 2.30. The molecule has 0 fully saturated rings. The lowest BCUT2D eigenvalue weighted by atomic mass is 10.3. The Morgan fingerprint density at radius 3 is 2.25 bits per heavy atom. The van der Waals surface area contributed by atoms with Gasteiger partial charge in [-0.15, -0.1) is 0 Å². The molecule has 0 bridgehead atoms. The van der Waals surface area contributed by atoms with Crippen LogP contribution in [0.5, 0.6) is 11.5 Å². The van der Waals surface area contributed by atoms with E-state index in [2.05, 4.69) is 18.9 Å². The van der Waals surface area contributed by atoms with Crippen molar-refractivity contribution in [2.24, 2.45) is 0 Å². The molecule has 1 rings (SSSR count). The van der Waals surface area contributed by atoms with E-state index in [-0.39, 0.29) is 0 Å². The number of likely N-dealkylation sites (N-methyl/N-ethyl adjacent to an activating group) is 1. The Morgan fingerprint density at radius 1 is 1.06 bits per heavy atom. The molecular weight excluding hydrogens is 202 g/mol. The highest BCUT2D eigenvalue weighted by Crippen LogP contribution is 2.16. The van der Waals surface area contributed by atoms with Gasteiger partial charge in [0, 0.05) is 6.54 Å². The summed E-state index contributed by atoms with van der Waals surface area (Å²) in [6, 6.07) is 7.67. The lowest BCUT2D eigenvalue weighted by molar-refractivity contribution is 0.237. The first-order valence-electron chi connectivity index (χ1n) is 5.71. The molecule has 0 aromatic heterocycles. The molecule has 0 aliphatic rings. The van der Waals surface area contributed by atoms with Gasteiger partial charge >= 0.3 is 0 Å². The molecule has 1 aromatic rings. The third-order valence-corrected chi connectivity index (χ3v) is 2.41. The average molecular weight is 223 g/mol. The Kier molecular flexibility index (Phi) is 5.72. The summed E-state index contributed by atoms with van der Waals surface area (Å²) < 4.78 is 10.7. The molecule has 3 heteroatoms. The molecule has 0 atom stereocenters. The van der Waals surface area contributed by atoms with Gasteiger partial charge < -0.3 is 14.4 Å². The van der Waals surface area contributed by atoms with Crippen molar-refractivity contribution < 1.29 is 9.47 Å². The largest absolute Gasteiger partial charge is 0.497 e. The predicted molar refractivity (Wildman–Crippen MR) is 66.3 cm³/mol. The third kappa shape index (κ3) is 4.53. The fourth-order valence-corrected chi connectivity index (χ4v) is 1.48. The number of rotatable bonds is 7. The number of benzene rings is 1. The maximum absolute atomic E-state index is 5.63. The molecule has 0 saturated carbocycles. The van der Waals surface area contributed by atoms with Crippen molar-refractivity contribution in [1.82, 2.24) is 4.90 Å². The monoisotopic (exact) mass is 223 g/mol. The second kappa shape index (κ2) is 7.12. The summed E-state index contributed by atoms with van der Waals surface area (Å²) in [5.74, 6) is 1.75. The van der Waals surface area contributed by atoms with Crippen LogP contribution in [0.2, 0.25) is 0 Å². The minimum absolute atomic E-state index is 0.725. The third-order valence-electron chi connectivity index (χ3n) is 2.41. The van der Waals surface area contributed by atoms with Crippen molar-refractivity contribution in [3.63, 3.8) is 0 Å².